The lowest BCUT2D eigenvalue weighted by atomic mass is 10.1. The maximum absolute atomic E-state index is 10.1. The monoisotopic (exact) mass is 529 g/mol. The summed E-state index contributed by atoms with van der Waals surface area (Å²) >= 11 is 9.70. The number of benzene rings is 4. The van der Waals surface area contributed by atoms with Crippen molar-refractivity contribution in [1.82, 2.24) is 0 Å². The smallest absolute Gasteiger partial charge is 0.118 e. The summed E-state index contributed by atoms with van der Waals surface area (Å²) in [6, 6.07) is 29.1. The highest BCUT2D eigenvalue weighted by Crippen LogP contribution is 2.50. The number of ether oxygens (including phenoxy) is 2. The molecule has 0 saturated carbocycles. The average molecular weight is 530 g/mol. The van der Waals surface area contributed by atoms with Crippen molar-refractivity contribution >= 4 is 46.5 Å². The third-order valence-electron chi connectivity index (χ3n) is 5.18. The van der Waals surface area contributed by atoms with Crippen LogP contribution in [0.2, 0.25) is 5.02 Å². The summed E-state index contributed by atoms with van der Waals surface area (Å²) in [5.41, 5.74) is 1.65. The van der Waals surface area contributed by atoms with Crippen LogP contribution in [0, 0.1) is 22.7 Å². The first-order valence-electron chi connectivity index (χ1n) is 10.7. The van der Waals surface area contributed by atoms with Crippen molar-refractivity contribution < 1.29 is 9.47 Å². The summed E-state index contributed by atoms with van der Waals surface area (Å²) < 4.78 is 10.6. The van der Waals surface area contributed by atoms with Crippen LogP contribution in [0.5, 0.6) is 11.5 Å². The van der Waals surface area contributed by atoms with Crippen LogP contribution in [0.4, 0.5) is 11.4 Å². The van der Waals surface area contributed by atoms with Crippen molar-refractivity contribution in [3.63, 3.8) is 0 Å². The van der Waals surface area contributed by atoms with Crippen molar-refractivity contribution in [2.24, 2.45) is 0 Å². The van der Waals surface area contributed by atoms with E-state index in [9.17, 15) is 10.5 Å². The highest BCUT2D eigenvalue weighted by atomic mass is 35.5. The molecule has 0 amide bonds. The van der Waals surface area contributed by atoms with Crippen LogP contribution in [0.25, 0.3) is 0 Å². The van der Waals surface area contributed by atoms with Crippen LogP contribution in [0.3, 0.4) is 0 Å². The highest BCUT2D eigenvalue weighted by Gasteiger charge is 2.25. The van der Waals surface area contributed by atoms with E-state index >= 15 is 0 Å². The molecular formula is C28H20ClN3O2S2. The van der Waals surface area contributed by atoms with E-state index in [0.29, 0.717) is 10.6 Å². The van der Waals surface area contributed by atoms with Crippen molar-refractivity contribution in [2.45, 2.75) is 19.6 Å². The predicted octanol–water partition coefficient (Wildman–Crippen LogP) is 8.15. The molecule has 0 saturated heterocycles. The lowest BCUT2D eigenvalue weighted by Gasteiger charge is -2.20. The minimum absolute atomic E-state index is 0.132. The van der Waals surface area contributed by atoms with Crippen LogP contribution in [-0.2, 0) is 0 Å². The van der Waals surface area contributed by atoms with E-state index in [1.165, 1.54) is 23.5 Å². The van der Waals surface area contributed by atoms with Crippen LogP contribution < -0.4 is 14.8 Å². The molecule has 0 aliphatic heterocycles. The third-order valence-corrected chi connectivity index (χ3v) is 8.04. The Labute approximate surface area is 223 Å². The molecule has 4 aromatic rings. The van der Waals surface area contributed by atoms with Gasteiger partial charge in [0.25, 0.3) is 0 Å². The topological polar surface area (TPSA) is 78.1 Å². The fourth-order valence-electron chi connectivity index (χ4n) is 3.39. The third kappa shape index (κ3) is 5.56. The summed E-state index contributed by atoms with van der Waals surface area (Å²) in [6.45, 7) is 0. The number of halogens is 1. The molecule has 0 atom stereocenters. The fraction of sp³-hybridized carbons (Fsp3) is 0.0714. The maximum atomic E-state index is 10.1. The Bertz CT molecular complexity index is 1450. The minimum atomic E-state index is 0.132. The summed E-state index contributed by atoms with van der Waals surface area (Å²) in [5.74, 6) is 1.48. The van der Waals surface area contributed by atoms with Gasteiger partial charge in [0, 0.05) is 20.4 Å². The van der Waals surface area contributed by atoms with E-state index in [-0.39, 0.29) is 16.1 Å². The second-order valence-electron chi connectivity index (χ2n) is 7.37. The zero-order valence-electron chi connectivity index (χ0n) is 19.4. The van der Waals surface area contributed by atoms with Crippen LogP contribution in [0.15, 0.2) is 98.4 Å². The van der Waals surface area contributed by atoms with Gasteiger partial charge in [0.1, 0.15) is 23.6 Å². The van der Waals surface area contributed by atoms with Gasteiger partial charge in [-0.2, -0.15) is 10.5 Å². The Morgan fingerprint density at radius 2 is 1.19 bits per heavy atom. The van der Waals surface area contributed by atoms with Crippen LogP contribution in [0.1, 0.15) is 11.1 Å². The normalized spacial score (nSPS) is 10.2. The molecule has 0 aliphatic carbocycles. The zero-order valence-corrected chi connectivity index (χ0v) is 21.8. The molecule has 0 radical (unpaired) electrons. The number of hydrogen-bond acceptors (Lipinski definition) is 7. The van der Waals surface area contributed by atoms with Gasteiger partial charge in [-0.3, -0.25) is 0 Å². The number of nitrogens with zero attached hydrogens (tertiary/aromatic N) is 2. The molecule has 0 spiro atoms. The quantitative estimate of drug-likeness (QED) is 0.246. The molecular weight excluding hydrogens is 510 g/mol. The van der Waals surface area contributed by atoms with E-state index in [1.54, 1.807) is 14.2 Å². The number of nitriles is 2. The van der Waals surface area contributed by atoms with E-state index < -0.39 is 0 Å². The Balaban J connectivity index is 1.92. The number of methoxy groups -OCH3 is 2. The molecule has 0 heterocycles. The second-order valence-corrected chi connectivity index (χ2v) is 9.91. The van der Waals surface area contributed by atoms with Crippen molar-refractivity contribution in [3.05, 3.63) is 95.0 Å². The molecule has 0 unspecified atom stereocenters. The van der Waals surface area contributed by atoms with Crippen molar-refractivity contribution in [1.29, 1.82) is 10.5 Å². The predicted molar refractivity (Wildman–Crippen MR) is 145 cm³/mol. The Kier molecular flexibility index (Phi) is 8.30. The lowest BCUT2D eigenvalue weighted by Crippen LogP contribution is -2.02. The molecule has 4 aromatic carbocycles. The number of rotatable bonds is 8. The van der Waals surface area contributed by atoms with E-state index in [4.69, 9.17) is 21.1 Å². The molecule has 0 fully saturated rings. The Morgan fingerprint density at radius 1 is 0.694 bits per heavy atom. The molecule has 178 valence electrons. The van der Waals surface area contributed by atoms with Gasteiger partial charge in [0.2, 0.25) is 0 Å². The first kappa shape index (κ1) is 25.3. The number of nitrogens with one attached hydrogen (secondary N) is 1. The fourth-order valence-corrected chi connectivity index (χ4v) is 5.89. The van der Waals surface area contributed by atoms with Crippen molar-refractivity contribution in [2.75, 3.05) is 19.5 Å². The molecule has 36 heavy (non-hydrogen) atoms. The van der Waals surface area contributed by atoms with Gasteiger partial charge in [-0.05, 0) is 60.7 Å². The molecule has 4 rings (SSSR count). The molecule has 0 bridgehead atoms. The molecule has 8 heteroatoms. The molecule has 0 aliphatic rings. The van der Waals surface area contributed by atoms with Gasteiger partial charge in [0.15, 0.2) is 0 Å². The van der Waals surface area contributed by atoms with Gasteiger partial charge in [-0.25, -0.2) is 0 Å². The second kappa shape index (κ2) is 11.8. The average Bonchev–Trinajstić information content (AvgIpc) is 2.93. The Morgan fingerprint density at radius 3 is 1.67 bits per heavy atom. The molecule has 1 N–H and O–H groups in total. The number of para-hydroxylation sites is 1. The van der Waals surface area contributed by atoms with Crippen LogP contribution >= 0.6 is 35.1 Å². The van der Waals surface area contributed by atoms with Gasteiger partial charge >= 0.3 is 0 Å². The summed E-state index contributed by atoms with van der Waals surface area (Å²) in [7, 11) is 3.23. The first-order valence-corrected chi connectivity index (χ1v) is 12.7. The highest BCUT2D eigenvalue weighted by molar-refractivity contribution is 8.02. The van der Waals surface area contributed by atoms with Crippen LogP contribution in [-0.4, -0.2) is 14.2 Å². The minimum Gasteiger partial charge on any atom is -0.497 e. The van der Waals surface area contributed by atoms with Gasteiger partial charge < -0.3 is 14.8 Å². The molecule has 0 aromatic heterocycles. The van der Waals surface area contributed by atoms with E-state index in [2.05, 4.69) is 17.5 Å². The largest absolute Gasteiger partial charge is 0.497 e. The van der Waals surface area contributed by atoms with E-state index in [0.717, 1.165) is 31.9 Å². The van der Waals surface area contributed by atoms with Gasteiger partial charge in [-0.15, -0.1) is 0 Å². The number of hydrogen-bond donors (Lipinski definition) is 1. The number of anilines is 2. The SMILES string of the molecule is COc1ccc(Sc2c(Cl)c(C#N)c(C#N)c(Nc3ccccc3)c2Sc2ccc(OC)cc2)cc1. The van der Waals surface area contributed by atoms with Gasteiger partial charge in [-0.1, -0.05) is 53.3 Å². The van der Waals surface area contributed by atoms with Crippen molar-refractivity contribution in [3.8, 4) is 23.6 Å². The zero-order chi connectivity index (χ0) is 25.5. The van der Waals surface area contributed by atoms with Gasteiger partial charge in [0.05, 0.1) is 41.0 Å². The first-order chi connectivity index (χ1) is 17.6. The molecule has 5 nitrogen and oxygen atoms in total. The summed E-state index contributed by atoms with van der Waals surface area (Å²) in [5, 5.41) is 23.7. The standard InChI is InChI=1S/C28H20ClN3O2S2/c1-33-19-8-12-21(13-9-19)35-27-25(29)23(16-30)24(17-31)26(32-18-6-4-3-5-7-18)28(27)36-22-14-10-20(34-2)11-15-22/h3-15,32H,1-2H3. The Hall–Kier alpha value is -3.75. The summed E-state index contributed by atoms with van der Waals surface area (Å²) in [6.07, 6.45) is 0. The summed E-state index contributed by atoms with van der Waals surface area (Å²) in [4.78, 5) is 3.25. The lowest BCUT2D eigenvalue weighted by molar-refractivity contribution is 0.414. The maximum Gasteiger partial charge on any atom is 0.118 e. The van der Waals surface area contributed by atoms with E-state index in [1.807, 2.05) is 78.9 Å².